The summed E-state index contributed by atoms with van der Waals surface area (Å²) >= 11 is 0. The Morgan fingerprint density at radius 1 is 0.957 bits per heavy atom. The molecule has 2 atom stereocenters. The smallest absolute Gasteiger partial charge is 0.419 e. The molecule has 0 amide bonds. The minimum atomic E-state index is -5.19. The quantitative estimate of drug-likeness (QED) is 0.194. The van der Waals surface area contributed by atoms with Gasteiger partial charge in [-0.05, 0) is 110 Å². The van der Waals surface area contributed by atoms with Crippen LogP contribution in [0.15, 0.2) is 41.3 Å². The van der Waals surface area contributed by atoms with Crippen molar-refractivity contribution in [2.45, 2.75) is 71.5 Å². The minimum absolute atomic E-state index is 0.0272. The summed E-state index contributed by atoms with van der Waals surface area (Å²) in [7, 11) is 3.61. The molecule has 3 rings (SSSR count). The van der Waals surface area contributed by atoms with Crippen LogP contribution >= 0.6 is 0 Å². The van der Waals surface area contributed by atoms with E-state index in [2.05, 4.69) is 0 Å². The number of halogens is 6. The molecule has 3 aromatic rings. The van der Waals surface area contributed by atoms with Crippen molar-refractivity contribution < 1.29 is 41.0 Å². The van der Waals surface area contributed by atoms with Gasteiger partial charge in [0.05, 0.1) is 18.0 Å². The molecule has 2 aromatic carbocycles. The number of pyridine rings is 1. The number of aliphatic carboxylic acids is 1. The lowest BCUT2D eigenvalue weighted by Gasteiger charge is -2.25. The molecular formula is C34H38F6N2O4. The van der Waals surface area contributed by atoms with Gasteiger partial charge in [0.15, 0.2) is 11.6 Å². The SMILES string of the molecule is Cc1cc(F)cc(C)c1-c1cc([C@H](CC(=O)O)CC(=O)C(CC(C)C)n2cc(CCN(C)C)cc(F)c2=O)c(F)c(C(F)(F)F)c1. The standard InChI is InChI=1S/C34H38F6N2O4/c1-18(2)9-28(42-17-21(7-8-41(5)6)12-27(36)33(42)46)29(43)15-22(16-30(44)45)25-13-23(14-26(32(25)37)34(38,39)40)31-19(3)10-24(35)11-20(31)4/h10-14,17-18,22,28H,7-9,15-16H2,1-6H3,(H,44,45)/t22-,28?/m0/s1. The zero-order valence-corrected chi connectivity index (χ0v) is 26.6. The Morgan fingerprint density at radius 2 is 1.57 bits per heavy atom. The van der Waals surface area contributed by atoms with Crippen LogP contribution in [-0.2, 0) is 22.2 Å². The van der Waals surface area contributed by atoms with Gasteiger partial charge < -0.3 is 14.6 Å². The molecule has 1 N–H and O–H groups in total. The van der Waals surface area contributed by atoms with Crippen molar-refractivity contribution in [2.75, 3.05) is 20.6 Å². The average molecular weight is 653 g/mol. The van der Waals surface area contributed by atoms with Crippen LogP contribution in [0.1, 0.15) is 72.9 Å². The molecule has 0 aliphatic rings. The molecular weight excluding hydrogens is 614 g/mol. The number of likely N-dealkylation sites (N-methyl/N-ethyl adjacent to an activating group) is 1. The normalized spacial score (nSPS) is 13.3. The zero-order chi connectivity index (χ0) is 34.7. The fraction of sp³-hybridized carbons (Fsp3) is 0.441. The molecule has 12 heteroatoms. The molecule has 0 saturated heterocycles. The number of benzene rings is 2. The average Bonchev–Trinajstić information content (AvgIpc) is 2.91. The van der Waals surface area contributed by atoms with Crippen LogP contribution in [0.5, 0.6) is 0 Å². The van der Waals surface area contributed by atoms with Crippen LogP contribution in [0, 0.1) is 37.2 Å². The topological polar surface area (TPSA) is 79.6 Å². The highest BCUT2D eigenvalue weighted by molar-refractivity contribution is 5.84. The third kappa shape index (κ3) is 8.86. The van der Waals surface area contributed by atoms with Crippen molar-refractivity contribution >= 4 is 11.8 Å². The number of hydrogen-bond acceptors (Lipinski definition) is 4. The Labute approximate surface area is 263 Å². The van der Waals surface area contributed by atoms with Crippen LogP contribution in [0.25, 0.3) is 11.1 Å². The first-order chi connectivity index (χ1) is 21.3. The molecule has 0 aliphatic carbocycles. The van der Waals surface area contributed by atoms with E-state index in [1.54, 1.807) is 27.9 Å². The zero-order valence-electron chi connectivity index (χ0n) is 26.6. The number of Topliss-reactive ketones (excluding diaryl/α,β-unsaturated/α-hetero) is 1. The van der Waals surface area contributed by atoms with Gasteiger partial charge in [0.2, 0.25) is 0 Å². The molecule has 250 valence electrons. The van der Waals surface area contributed by atoms with Gasteiger partial charge in [-0.2, -0.15) is 13.2 Å². The lowest BCUT2D eigenvalue weighted by Crippen LogP contribution is -2.34. The first kappa shape index (κ1) is 36.5. The molecule has 0 bridgehead atoms. The Hall–Kier alpha value is -3.93. The van der Waals surface area contributed by atoms with Crippen molar-refractivity contribution in [1.29, 1.82) is 0 Å². The van der Waals surface area contributed by atoms with Crippen molar-refractivity contribution in [3.8, 4) is 11.1 Å². The van der Waals surface area contributed by atoms with Crippen LogP contribution in [0.2, 0.25) is 0 Å². The van der Waals surface area contributed by atoms with Crippen LogP contribution in [-0.4, -0.2) is 47.0 Å². The number of rotatable bonds is 13. The fourth-order valence-electron chi connectivity index (χ4n) is 5.73. The van der Waals surface area contributed by atoms with E-state index in [1.165, 1.54) is 20.0 Å². The number of ketones is 1. The first-order valence-corrected chi connectivity index (χ1v) is 14.8. The summed E-state index contributed by atoms with van der Waals surface area (Å²) in [5.41, 5.74) is -2.40. The van der Waals surface area contributed by atoms with Gasteiger partial charge in [-0.25, -0.2) is 13.2 Å². The van der Waals surface area contributed by atoms with E-state index in [0.29, 0.717) is 24.6 Å². The van der Waals surface area contributed by atoms with Gasteiger partial charge in [0.1, 0.15) is 11.6 Å². The Balaban J connectivity index is 2.21. The summed E-state index contributed by atoms with van der Waals surface area (Å²) in [4.78, 5) is 40.6. The van der Waals surface area contributed by atoms with Crippen molar-refractivity contribution in [3.05, 3.63) is 92.2 Å². The molecule has 1 heterocycles. The molecule has 0 fully saturated rings. The monoisotopic (exact) mass is 652 g/mol. The second-order valence-electron chi connectivity index (χ2n) is 12.4. The van der Waals surface area contributed by atoms with Crippen molar-refractivity contribution in [2.24, 2.45) is 5.92 Å². The fourth-order valence-corrected chi connectivity index (χ4v) is 5.73. The molecule has 0 aliphatic heterocycles. The number of carboxylic acid groups (broad SMARTS) is 1. The van der Waals surface area contributed by atoms with E-state index >= 15 is 4.39 Å². The predicted molar refractivity (Wildman–Crippen MR) is 162 cm³/mol. The van der Waals surface area contributed by atoms with Gasteiger partial charge >= 0.3 is 12.1 Å². The number of nitrogens with zero attached hydrogens (tertiary/aromatic N) is 2. The second-order valence-corrected chi connectivity index (χ2v) is 12.4. The van der Waals surface area contributed by atoms with Gasteiger partial charge in [-0.15, -0.1) is 0 Å². The third-order valence-electron chi connectivity index (χ3n) is 7.81. The number of carbonyl (C=O) groups excluding carboxylic acids is 1. The highest BCUT2D eigenvalue weighted by Gasteiger charge is 2.38. The Bertz CT molecular complexity index is 1640. The summed E-state index contributed by atoms with van der Waals surface area (Å²) in [6.07, 6.45) is -5.13. The molecule has 46 heavy (non-hydrogen) atoms. The molecule has 0 spiro atoms. The highest BCUT2D eigenvalue weighted by atomic mass is 19.4. The van der Waals surface area contributed by atoms with Gasteiger partial charge in [-0.1, -0.05) is 13.8 Å². The summed E-state index contributed by atoms with van der Waals surface area (Å²) in [5, 5.41) is 9.70. The number of hydrogen-bond donors (Lipinski definition) is 1. The molecule has 0 radical (unpaired) electrons. The van der Waals surface area contributed by atoms with E-state index in [4.69, 9.17) is 0 Å². The van der Waals surface area contributed by atoms with E-state index in [0.717, 1.165) is 28.8 Å². The highest BCUT2D eigenvalue weighted by Crippen LogP contribution is 2.41. The van der Waals surface area contributed by atoms with Gasteiger partial charge in [0.25, 0.3) is 5.56 Å². The Kier molecular flexibility index (Phi) is 11.6. The van der Waals surface area contributed by atoms with Crippen molar-refractivity contribution in [1.82, 2.24) is 9.47 Å². The predicted octanol–water partition coefficient (Wildman–Crippen LogP) is 7.48. The number of carbonyl (C=O) groups is 2. The summed E-state index contributed by atoms with van der Waals surface area (Å²) < 4.78 is 88.0. The van der Waals surface area contributed by atoms with Gasteiger partial charge in [0, 0.05) is 25.1 Å². The number of aromatic nitrogens is 1. The lowest BCUT2D eigenvalue weighted by atomic mass is 9.83. The second kappa shape index (κ2) is 14.7. The van der Waals surface area contributed by atoms with Crippen LogP contribution in [0.4, 0.5) is 26.3 Å². The molecule has 0 saturated carbocycles. The maximum Gasteiger partial charge on any atom is 0.419 e. The summed E-state index contributed by atoms with van der Waals surface area (Å²) in [6.45, 7) is 6.95. The van der Waals surface area contributed by atoms with E-state index in [9.17, 15) is 41.4 Å². The minimum Gasteiger partial charge on any atom is -0.481 e. The summed E-state index contributed by atoms with van der Waals surface area (Å²) in [6, 6.07) is 3.63. The van der Waals surface area contributed by atoms with E-state index in [-0.39, 0.29) is 34.6 Å². The van der Waals surface area contributed by atoms with Crippen LogP contribution < -0.4 is 5.56 Å². The summed E-state index contributed by atoms with van der Waals surface area (Å²) in [5.74, 6) is -7.52. The maximum atomic E-state index is 15.7. The molecule has 1 unspecified atom stereocenters. The third-order valence-corrected chi connectivity index (χ3v) is 7.81. The number of aryl methyl sites for hydroxylation is 2. The van der Waals surface area contributed by atoms with E-state index in [1.807, 2.05) is 4.90 Å². The first-order valence-electron chi connectivity index (χ1n) is 14.8. The Morgan fingerprint density at radius 3 is 2.09 bits per heavy atom. The number of carboxylic acids is 1. The van der Waals surface area contributed by atoms with Crippen molar-refractivity contribution in [3.63, 3.8) is 0 Å². The largest absolute Gasteiger partial charge is 0.481 e. The molecule has 6 nitrogen and oxygen atoms in total. The molecule has 1 aromatic heterocycles. The number of alkyl halides is 3. The van der Waals surface area contributed by atoms with E-state index < -0.39 is 76.9 Å². The maximum absolute atomic E-state index is 15.7. The lowest BCUT2D eigenvalue weighted by molar-refractivity contribution is -0.140. The van der Waals surface area contributed by atoms with Gasteiger partial charge in [-0.3, -0.25) is 14.4 Å². The van der Waals surface area contributed by atoms with Crippen LogP contribution in [0.3, 0.4) is 0 Å².